The van der Waals surface area contributed by atoms with Crippen LogP contribution in [0.3, 0.4) is 0 Å². The lowest BCUT2D eigenvalue weighted by Crippen LogP contribution is -2.47. The van der Waals surface area contributed by atoms with Crippen LogP contribution in [0, 0.1) is 20.2 Å². The van der Waals surface area contributed by atoms with Crippen molar-refractivity contribution < 1.29 is 28.7 Å². The van der Waals surface area contributed by atoms with E-state index in [0.717, 1.165) is 12.0 Å². The molecule has 0 aliphatic carbocycles. The van der Waals surface area contributed by atoms with Gasteiger partial charge in [0.25, 0.3) is 17.7 Å². The van der Waals surface area contributed by atoms with Gasteiger partial charge in [0.15, 0.2) is 6.61 Å². The lowest BCUT2D eigenvalue weighted by molar-refractivity contribution is -0.151. The third-order valence-corrected chi connectivity index (χ3v) is 13.3. The number of carbonyl (C=O) groups excluding carboxylic acids is 4. The molecule has 0 saturated carbocycles. The second-order valence-corrected chi connectivity index (χ2v) is 13.5. The van der Waals surface area contributed by atoms with Gasteiger partial charge < -0.3 is 14.8 Å². The van der Waals surface area contributed by atoms with Crippen LogP contribution in [0.5, 0.6) is 11.5 Å². The number of hydrogen-bond donors (Lipinski definition) is 1. The molecule has 40 heavy (non-hydrogen) atoms. The molecule has 1 unspecified atom stereocenters. The minimum absolute atomic E-state index is 0.0225. The quantitative estimate of drug-likeness (QED) is 0.0809. The summed E-state index contributed by atoms with van der Waals surface area (Å²) in [6.07, 6.45) is 0.205. The summed E-state index contributed by atoms with van der Waals surface area (Å²) >= 11 is 8.44. The van der Waals surface area contributed by atoms with E-state index in [2.05, 4.69) is 95.7 Å². The molecule has 0 aromatic heterocycles. The molecule has 1 aliphatic rings. The number of benzene rings is 3. The maximum Gasteiger partial charge on any atom is 0.329 e. The summed E-state index contributed by atoms with van der Waals surface area (Å²) in [4.78, 5) is 53.7. The lowest BCUT2D eigenvalue weighted by atomic mass is 10.0. The van der Waals surface area contributed by atoms with Crippen LogP contribution >= 0.6 is 90.4 Å². The van der Waals surface area contributed by atoms with Crippen LogP contribution in [0.1, 0.15) is 41.0 Å². The highest BCUT2D eigenvalue weighted by Crippen LogP contribution is 2.39. The van der Waals surface area contributed by atoms with Gasteiger partial charge in [-0.05, 0) is 139 Å². The van der Waals surface area contributed by atoms with E-state index >= 15 is 0 Å². The molecule has 0 radical (unpaired) electrons. The minimum Gasteiger partial charge on any atom is -0.457 e. The molecule has 4 rings (SSSR count). The fourth-order valence-corrected chi connectivity index (χ4v) is 7.71. The maximum atomic E-state index is 13.5. The summed E-state index contributed by atoms with van der Waals surface area (Å²) in [7, 11) is 0. The zero-order chi connectivity index (χ0) is 29.1. The summed E-state index contributed by atoms with van der Waals surface area (Å²) in [5.74, 6) is -1.15. The molecule has 208 valence electrons. The average molecular weight is 990 g/mol. The zero-order valence-corrected chi connectivity index (χ0v) is 29.8. The molecule has 1 atom stereocenters. The molecule has 0 bridgehead atoms. The topological polar surface area (TPSA) is 102 Å². The third-order valence-electron chi connectivity index (χ3n) is 5.87. The molecule has 3 amide bonds. The Morgan fingerprint density at radius 1 is 0.800 bits per heavy atom. The van der Waals surface area contributed by atoms with Crippen molar-refractivity contribution in [3.8, 4) is 11.5 Å². The van der Waals surface area contributed by atoms with E-state index in [-0.39, 0.29) is 12.3 Å². The van der Waals surface area contributed by atoms with Gasteiger partial charge in [0.05, 0.1) is 11.1 Å². The molecule has 0 spiro atoms. The number of esters is 1. The number of anilines is 1. The first-order valence-corrected chi connectivity index (χ1v) is 16.3. The van der Waals surface area contributed by atoms with Crippen molar-refractivity contribution in [1.82, 2.24) is 4.90 Å². The van der Waals surface area contributed by atoms with Crippen LogP contribution in [-0.4, -0.2) is 41.2 Å². The first-order valence-electron chi connectivity index (χ1n) is 12.0. The van der Waals surface area contributed by atoms with Crippen LogP contribution in [0.25, 0.3) is 0 Å². The van der Waals surface area contributed by atoms with Gasteiger partial charge in [0.2, 0.25) is 0 Å². The summed E-state index contributed by atoms with van der Waals surface area (Å²) in [5.41, 5.74) is 1.10. The van der Waals surface area contributed by atoms with Crippen molar-refractivity contribution in [3.63, 3.8) is 0 Å². The summed E-state index contributed by atoms with van der Waals surface area (Å²) in [6, 6.07) is 14.9. The molecule has 3 aromatic rings. The smallest absolute Gasteiger partial charge is 0.329 e. The summed E-state index contributed by atoms with van der Waals surface area (Å²) in [5, 5.41) is 2.67. The Balaban J connectivity index is 1.43. The number of para-hydroxylation sites is 1. The van der Waals surface area contributed by atoms with E-state index < -0.39 is 36.3 Å². The van der Waals surface area contributed by atoms with E-state index in [1.165, 1.54) is 0 Å². The Morgan fingerprint density at radius 3 is 1.85 bits per heavy atom. The Kier molecular flexibility index (Phi) is 10.7. The number of amides is 3. The monoisotopic (exact) mass is 990 g/mol. The van der Waals surface area contributed by atoms with Crippen molar-refractivity contribution >= 4 is 120 Å². The highest BCUT2D eigenvalue weighted by atomic mass is 127. The number of imide groups is 1. The van der Waals surface area contributed by atoms with Crippen molar-refractivity contribution in [2.75, 3.05) is 11.9 Å². The highest BCUT2D eigenvalue weighted by molar-refractivity contribution is 14.1. The zero-order valence-electron chi connectivity index (χ0n) is 21.2. The summed E-state index contributed by atoms with van der Waals surface area (Å²) in [6.45, 7) is 3.20. The number of ether oxygens (including phenoxy) is 2. The Morgan fingerprint density at radius 2 is 1.32 bits per heavy atom. The number of nitrogens with zero attached hydrogens (tertiary/aromatic N) is 1. The molecule has 1 N–H and O–H groups in total. The van der Waals surface area contributed by atoms with E-state index in [1.54, 1.807) is 24.3 Å². The number of fused-ring (bicyclic) bond motifs is 1. The molecule has 1 heterocycles. The van der Waals surface area contributed by atoms with Crippen LogP contribution < -0.4 is 10.1 Å². The number of halogens is 4. The molecular weight excluding hydrogens is 968 g/mol. The van der Waals surface area contributed by atoms with Crippen molar-refractivity contribution in [1.29, 1.82) is 0 Å². The van der Waals surface area contributed by atoms with Crippen molar-refractivity contribution in [3.05, 3.63) is 80.0 Å². The van der Waals surface area contributed by atoms with Gasteiger partial charge in [-0.15, -0.1) is 0 Å². The Bertz CT molecular complexity index is 1430. The summed E-state index contributed by atoms with van der Waals surface area (Å²) < 4.78 is 14.2. The van der Waals surface area contributed by atoms with Crippen molar-refractivity contribution in [2.24, 2.45) is 5.92 Å². The van der Waals surface area contributed by atoms with Gasteiger partial charge in [-0.1, -0.05) is 32.0 Å². The predicted molar refractivity (Wildman–Crippen MR) is 184 cm³/mol. The predicted octanol–water partition coefficient (Wildman–Crippen LogP) is 7.09. The first-order chi connectivity index (χ1) is 19.0. The molecule has 0 saturated heterocycles. The van der Waals surface area contributed by atoms with Gasteiger partial charge in [-0.25, -0.2) is 4.79 Å². The fourth-order valence-electron chi connectivity index (χ4n) is 4.06. The first kappa shape index (κ1) is 31.4. The van der Waals surface area contributed by atoms with Crippen LogP contribution in [0.4, 0.5) is 5.69 Å². The number of rotatable bonds is 9. The van der Waals surface area contributed by atoms with E-state index in [4.69, 9.17) is 9.47 Å². The highest BCUT2D eigenvalue weighted by Gasteiger charge is 2.47. The number of nitrogens with one attached hydrogen (secondary N) is 1. The average Bonchev–Trinajstić information content (AvgIpc) is 3.19. The van der Waals surface area contributed by atoms with E-state index in [9.17, 15) is 19.2 Å². The van der Waals surface area contributed by atoms with Gasteiger partial charge in [0.1, 0.15) is 17.5 Å². The molecular formula is C28H22I4N2O6. The SMILES string of the molecule is CC(C)CC(C(=O)OCC(=O)Nc1ccc(Oc2ccccc2)cc1)N1C(=O)c2c(I)c(I)c(I)c(I)c2C1=O. The largest absolute Gasteiger partial charge is 0.457 e. The third kappa shape index (κ3) is 6.91. The normalized spacial score (nSPS) is 13.3. The molecule has 3 aromatic carbocycles. The standard InChI is InChI=1S/C28H22I4N2O6/c1-14(2)12-18(34-26(36)20-21(27(34)37)23(30)25(32)24(31)22(20)29)28(38)39-13-19(35)33-15-8-10-17(11-9-15)40-16-6-4-3-5-7-16/h3-11,14,18H,12-13H2,1-2H3,(H,33,35). The Hall–Kier alpha value is -1.54. The molecule has 12 heteroatoms. The van der Waals surface area contributed by atoms with Gasteiger partial charge in [0, 0.05) is 20.0 Å². The molecule has 0 fully saturated rings. The lowest BCUT2D eigenvalue weighted by Gasteiger charge is -2.26. The van der Waals surface area contributed by atoms with Crippen LogP contribution in [0.15, 0.2) is 54.6 Å². The molecule has 8 nitrogen and oxygen atoms in total. The number of hydrogen-bond acceptors (Lipinski definition) is 6. The minimum atomic E-state index is -1.16. The van der Waals surface area contributed by atoms with E-state index in [1.807, 2.05) is 44.2 Å². The fraction of sp³-hybridized carbons (Fsp3) is 0.214. The second-order valence-electron chi connectivity index (χ2n) is 9.23. The van der Waals surface area contributed by atoms with Crippen molar-refractivity contribution in [2.45, 2.75) is 26.3 Å². The van der Waals surface area contributed by atoms with Gasteiger partial charge >= 0.3 is 5.97 Å². The van der Waals surface area contributed by atoms with Gasteiger partial charge in [-0.2, -0.15) is 0 Å². The second kappa shape index (κ2) is 13.6. The number of carbonyl (C=O) groups is 4. The molecule has 1 aliphatic heterocycles. The maximum absolute atomic E-state index is 13.5. The Labute approximate surface area is 285 Å². The van der Waals surface area contributed by atoms with Crippen LogP contribution in [-0.2, 0) is 14.3 Å². The van der Waals surface area contributed by atoms with Crippen LogP contribution in [0.2, 0.25) is 0 Å². The van der Waals surface area contributed by atoms with E-state index in [0.29, 0.717) is 35.5 Å². The van der Waals surface area contributed by atoms with Gasteiger partial charge in [-0.3, -0.25) is 19.3 Å².